The quantitative estimate of drug-likeness (QED) is 0.198. The van der Waals surface area contributed by atoms with Crippen LogP contribution in [0.15, 0.2) is 60.7 Å². The zero-order chi connectivity index (χ0) is 26.5. The van der Waals surface area contributed by atoms with Gasteiger partial charge in [-0.2, -0.15) is 13.2 Å². The molecule has 0 aliphatic rings. The number of halogens is 3. The highest BCUT2D eigenvalue weighted by Gasteiger charge is 2.32. The van der Waals surface area contributed by atoms with E-state index < -0.39 is 17.0 Å². The average molecular weight is 576 g/mol. The summed E-state index contributed by atoms with van der Waals surface area (Å²) in [5, 5.41) is 10.7. The van der Waals surface area contributed by atoms with Crippen molar-refractivity contribution in [1.29, 1.82) is 0 Å². The van der Waals surface area contributed by atoms with Gasteiger partial charge in [-0.1, -0.05) is 0 Å². The Morgan fingerprint density at radius 1 is 0.703 bits per heavy atom. The molecule has 0 spiro atoms. The highest BCUT2D eigenvalue weighted by atomic mass is 32.1. The fraction of sp³-hybridized carbons (Fsp3) is 0.0769. The molecule has 4 nitrogen and oxygen atoms in total. The Kier molecular flexibility index (Phi) is 6.57. The molecule has 0 saturated carbocycles. The number of ketones is 1. The normalized spacial score (nSPS) is 11.7. The van der Waals surface area contributed by atoms with E-state index in [1.807, 2.05) is 18.2 Å². The van der Waals surface area contributed by atoms with E-state index in [9.17, 15) is 27.9 Å². The maximum absolute atomic E-state index is 13.0. The van der Waals surface area contributed by atoms with Crippen LogP contribution in [0.1, 0.15) is 32.5 Å². The zero-order valence-electron chi connectivity index (χ0n) is 18.9. The minimum absolute atomic E-state index is 0.0320. The summed E-state index contributed by atoms with van der Waals surface area (Å²) < 4.78 is 39.1. The van der Waals surface area contributed by atoms with Gasteiger partial charge in [-0.15, -0.1) is 45.3 Å². The van der Waals surface area contributed by atoms with E-state index in [0.717, 1.165) is 15.8 Å². The van der Waals surface area contributed by atoms with E-state index >= 15 is 0 Å². The molecule has 0 aliphatic carbocycles. The standard InChI is InChI=1S/C26H16F3NO3S4/c1-12(31)13-10-15(18-3-5-20(35-18)22-7-9-24(30)37-22)16(25(32)33)11-14(13)17-2-4-19(34-17)21-6-8-23(36-21)26(27,28)29/h2-11H,30H2,1H3,(H,32,33). The van der Waals surface area contributed by atoms with E-state index in [-0.39, 0.29) is 11.3 Å². The molecule has 188 valence electrons. The smallest absolute Gasteiger partial charge is 0.425 e. The highest BCUT2D eigenvalue weighted by molar-refractivity contribution is 7.25. The fourth-order valence-electron chi connectivity index (χ4n) is 3.81. The summed E-state index contributed by atoms with van der Waals surface area (Å²) in [5.74, 6) is -1.40. The number of carbonyl (C=O) groups excluding carboxylic acids is 1. The summed E-state index contributed by atoms with van der Waals surface area (Å²) in [6.45, 7) is 1.40. The first-order valence-corrected chi connectivity index (χ1v) is 13.9. The third-order valence-electron chi connectivity index (χ3n) is 5.51. The van der Waals surface area contributed by atoms with Crippen molar-refractivity contribution in [3.63, 3.8) is 0 Å². The number of anilines is 1. The van der Waals surface area contributed by atoms with Crippen LogP contribution in [0.3, 0.4) is 0 Å². The van der Waals surface area contributed by atoms with Crippen molar-refractivity contribution < 1.29 is 27.9 Å². The number of nitrogen functional groups attached to an aromatic ring is 1. The number of alkyl halides is 3. The van der Waals surface area contributed by atoms with Crippen LogP contribution in [-0.2, 0) is 6.18 Å². The zero-order valence-corrected chi connectivity index (χ0v) is 22.1. The van der Waals surface area contributed by atoms with Gasteiger partial charge in [0, 0.05) is 46.0 Å². The van der Waals surface area contributed by atoms with Gasteiger partial charge in [-0.25, -0.2) is 4.79 Å². The SMILES string of the molecule is CC(=O)c1cc(-c2ccc(-c3ccc(N)s3)s2)c(C(=O)O)cc1-c1ccc(-c2ccc(C(F)(F)F)s2)s1. The van der Waals surface area contributed by atoms with Gasteiger partial charge in [0.1, 0.15) is 4.88 Å². The summed E-state index contributed by atoms with van der Waals surface area (Å²) in [6, 6.07) is 16.3. The van der Waals surface area contributed by atoms with Crippen molar-refractivity contribution in [2.45, 2.75) is 13.1 Å². The van der Waals surface area contributed by atoms with Gasteiger partial charge in [0.25, 0.3) is 0 Å². The molecule has 0 aliphatic heterocycles. The largest absolute Gasteiger partial charge is 0.478 e. The first-order valence-electron chi connectivity index (χ1n) is 10.7. The Hall–Kier alpha value is -3.25. The second-order valence-corrected chi connectivity index (χ2v) is 12.4. The van der Waals surface area contributed by atoms with Crippen molar-refractivity contribution in [1.82, 2.24) is 0 Å². The maximum Gasteiger partial charge on any atom is 0.425 e. The second-order valence-electron chi connectivity index (χ2n) is 8.00. The molecule has 4 aromatic heterocycles. The molecule has 0 atom stereocenters. The molecule has 0 radical (unpaired) electrons. The lowest BCUT2D eigenvalue weighted by Crippen LogP contribution is -2.04. The van der Waals surface area contributed by atoms with Crippen LogP contribution in [0.4, 0.5) is 18.2 Å². The third-order valence-corrected chi connectivity index (χ3v) is 10.2. The Morgan fingerprint density at radius 3 is 1.65 bits per heavy atom. The minimum atomic E-state index is -4.42. The molecule has 5 rings (SSSR count). The second kappa shape index (κ2) is 9.56. The summed E-state index contributed by atoms with van der Waals surface area (Å²) in [5.41, 5.74) is 7.07. The molecular weight excluding hydrogens is 560 g/mol. The van der Waals surface area contributed by atoms with E-state index in [1.54, 1.807) is 24.3 Å². The Morgan fingerprint density at radius 2 is 1.16 bits per heavy atom. The molecule has 3 N–H and O–H groups in total. The molecular formula is C26H16F3NO3S4. The first kappa shape index (κ1) is 25.4. The van der Waals surface area contributed by atoms with Crippen LogP contribution in [0.25, 0.3) is 40.4 Å². The predicted octanol–water partition coefficient (Wildman–Crippen LogP) is 9.10. The molecule has 0 saturated heterocycles. The molecule has 11 heteroatoms. The number of carbonyl (C=O) groups is 2. The first-order chi connectivity index (χ1) is 17.5. The van der Waals surface area contributed by atoms with Crippen molar-refractivity contribution in [3.8, 4) is 40.4 Å². The molecule has 0 unspecified atom stereocenters. The van der Waals surface area contributed by atoms with Crippen LogP contribution in [-0.4, -0.2) is 16.9 Å². The van der Waals surface area contributed by atoms with Crippen molar-refractivity contribution in [2.75, 3.05) is 5.73 Å². The number of aromatic carboxylic acids is 1. The molecule has 4 heterocycles. The number of Topliss-reactive ketones (excluding diaryl/α,β-unsaturated/α-hetero) is 1. The molecule has 37 heavy (non-hydrogen) atoms. The third kappa shape index (κ3) is 4.99. The van der Waals surface area contributed by atoms with E-state index in [0.29, 0.717) is 52.5 Å². The number of nitrogens with two attached hydrogens (primary N) is 1. The Balaban J connectivity index is 1.59. The summed E-state index contributed by atoms with van der Waals surface area (Å²) >= 11 is 4.68. The van der Waals surface area contributed by atoms with Crippen LogP contribution in [0.5, 0.6) is 0 Å². The lowest BCUT2D eigenvalue weighted by Gasteiger charge is -2.12. The van der Waals surface area contributed by atoms with Gasteiger partial charge < -0.3 is 10.8 Å². The molecule has 0 bridgehead atoms. The van der Waals surface area contributed by atoms with E-state index in [1.165, 1.54) is 53.1 Å². The Bertz CT molecular complexity index is 1660. The number of carboxylic acids is 1. The van der Waals surface area contributed by atoms with Crippen molar-refractivity contribution in [2.24, 2.45) is 0 Å². The molecule has 1 aromatic carbocycles. The average Bonchev–Trinajstić information content (AvgIpc) is 3.63. The monoisotopic (exact) mass is 575 g/mol. The number of carboxylic acid groups (broad SMARTS) is 1. The van der Waals surface area contributed by atoms with E-state index in [4.69, 9.17) is 5.73 Å². The van der Waals surface area contributed by atoms with Crippen LogP contribution >= 0.6 is 45.3 Å². The van der Waals surface area contributed by atoms with Crippen LogP contribution in [0, 0.1) is 0 Å². The summed E-state index contributed by atoms with van der Waals surface area (Å²) in [6.07, 6.45) is -4.42. The summed E-state index contributed by atoms with van der Waals surface area (Å²) in [7, 11) is 0. The minimum Gasteiger partial charge on any atom is -0.478 e. The number of hydrogen-bond donors (Lipinski definition) is 2. The van der Waals surface area contributed by atoms with Crippen molar-refractivity contribution >= 4 is 62.1 Å². The number of thiophene rings is 4. The van der Waals surface area contributed by atoms with Gasteiger partial charge in [-0.3, -0.25) is 4.79 Å². The number of benzene rings is 1. The van der Waals surface area contributed by atoms with Gasteiger partial charge in [-0.05, 0) is 67.6 Å². The lowest BCUT2D eigenvalue weighted by molar-refractivity contribution is -0.134. The molecule has 5 aromatic rings. The topological polar surface area (TPSA) is 80.4 Å². The molecule has 0 fully saturated rings. The Labute approximate surface area is 225 Å². The lowest BCUT2D eigenvalue weighted by atomic mass is 9.94. The number of rotatable bonds is 6. The summed E-state index contributed by atoms with van der Waals surface area (Å²) in [4.78, 5) is 28.4. The van der Waals surface area contributed by atoms with Crippen LogP contribution < -0.4 is 5.73 Å². The number of hydrogen-bond acceptors (Lipinski definition) is 7. The van der Waals surface area contributed by atoms with Gasteiger partial charge in [0.15, 0.2) is 5.78 Å². The van der Waals surface area contributed by atoms with Gasteiger partial charge in [0.2, 0.25) is 0 Å². The van der Waals surface area contributed by atoms with Gasteiger partial charge >= 0.3 is 12.1 Å². The van der Waals surface area contributed by atoms with Gasteiger partial charge in [0.05, 0.1) is 10.6 Å². The maximum atomic E-state index is 13.0. The highest BCUT2D eigenvalue weighted by Crippen LogP contribution is 2.45. The predicted molar refractivity (Wildman–Crippen MR) is 146 cm³/mol. The van der Waals surface area contributed by atoms with E-state index in [2.05, 4.69) is 0 Å². The van der Waals surface area contributed by atoms with Crippen molar-refractivity contribution in [3.05, 3.63) is 76.7 Å². The molecule has 0 amide bonds. The van der Waals surface area contributed by atoms with Crippen LogP contribution in [0.2, 0.25) is 0 Å². The fourth-order valence-corrected chi connectivity index (χ4v) is 7.71.